The molecule has 2 N–H and O–H groups in total. The Kier molecular flexibility index (Phi) is 5.52. The summed E-state index contributed by atoms with van der Waals surface area (Å²) in [6.07, 6.45) is 2.94. The molecule has 1 aromatic rings. The molecule has 5 nitrogen and oxygen atoms in total. The Labute approximate surface area is 127 Å². The Morgan fingerprint density at radius 2 is 1.95 bits per heavy atom. The minimum Gasteiger partial charge on any atom is -0.313 e. The summed E-state index contributed by atoms with van der Waals surface area (Å²) in [5.74, 6) is 0. The lowest BCUT2D eigenvalue weighted by Gasteiger charge is -2.15. The highest BCUT2D eigenvalue weighted by Gasteiger charge is 2.14. The van der Waals surface area contributed by atoms with E-state index < -0.39 is 10.0 Å². The van der Waals surface area contributed by atoms with Crippen molar-refractivity contribution in [3.8, 4) is 0 Å². The first kappa shape index (κ1) is 16.2. The highest BCUT2D eigenvalue weighted by Crippen LogP contribution is 2.12. The van der Waals surface area contributed by atoms with Gasteiger partial charge in [-0.05, 0) is 44.8 Å². The molecule has 21 heavy (non-hydrogen) atoms. The minimum absolute atomic E-state index is 0.319. The average Bonchev–Trinajstić information content (AvgIpc) is 2.46. The first-order valence-electron chi connectivity index (χ1n) is 7.09. The van der Waals surface area contributed by atoms with E-state index in [1.54, 1.807) is 12.1 Å². The van der Waals surface area contributed by atoms with Gasteiger partial charge >= 0.3 is 0 Å². The van der Waals surface area contributed by atoms with Crippen molar-refractivity contribution in [1.82, 2.24) is 14.9 Å². The summed E-state index contributed by atoms with van der Waals surface area (Å²) < 4.78 is 27.2. The average molecular weight is 309 g/mol. The van der Waals surface area contributed by atoms with Crippen LogP contribution in [0.15, 0.2) is 40.8 Å². The van der Waals surface area contributed by atoms with Gasteiger partial charge in [0.1, 0.15) is 0 Å². The lowest BCUT2D eigenvalue weighted by molar-refractivity contribution is 0.402. The van der Waals surface area contributed by atoms with Gasteiger partial charge < -0.3 is 10.2 Å². The number of nitrogens with zero attached hydrogens (tertiary/aromatic N) is 1. The van der Waals surface area contributed by atoms with Crippen molar-refractivity contribution in [2.75, 3.05) is 33.7 Å². The summed E-state index contributed by atoms with van der Waals surface area (Å²) in [4.78, 5) is 2.37. The van der Waals surface area contributed by atoms with Crippen LogP contribution in [0.4, 0.5) is 0 Å². The zero-order chi connectivity index (χ0) is 15.3. The molecule has 1 aromatic carbocycles. The molecule has 1 aliphatic heterocycles. The van der Waals surface area contributed by atoms with Crippen LogP contribution in [0.3, 0.4) is 0 Å². The Morgan fingerprint density at radius 1 is 1.24 bits per heavy atom. The van der Waals surface area contributed by atoms with Crippen LogP contribution in [0, 0.1) is 0 Å². The van der Waals surface area contributed by atoms with Crippen LogP contribution in [0.2, 0.25) is 0 Å². The molecule has 0 aromatic heterocycles. The monoisotopic (exact) mass is 309 g/mol. The zero-order valence-electron chi connectivity index (χ0n) is 12.6. The van der Waals surface area contributed by atoms with Crippen molar-refractivity contribution in [2.24, 2.45) is 0 Å². The third-order valence-corrected chi connectivity index (χ3v) is 4.80. The van der Waals surface area contributed by atoms with Gasteiger partial charge in [0.15, 0.2) is 0 Å². The van der Waals surface area contributed by atoms with E-state index in [9.17, 15) is 8.42 Å². The van der Waals surface area contributed by atoms with Crippen molar-refractivity contribution >= 4 is 10.0 Å². The number of hydrogen-bond acceptors (Lipinski definition) is 4. The summed E-state index contributed by atoms with van der Waals surface area (Å²) in [7, 11) is 0.540. The smallest absolute Gasteiger partial charge is 0.240 e. The second kappa shape index (κ2) is 7.17. The fourth-order valence-corrected chi connectivity index (χ4v) is 3.28. The molecular weight excluding hydrogens is 286 g/mol. The lowest BCUT2D eigenvalue weighted by Crippen LogP contribution is -2.29. The Morgan fingerprint density at radius 3 is 2.52 bits per heavy atom. The van der Waals surface area contributed by atoms with Gasteiger partial charge in [-0.1, -0.05) is 23.8 Å². The molecule has 0 saturated heterocycles. The SMILES string of the molecule is CN(C)Cc1ccc(S(=O)(=O)NCC2=CCNCC2)cc1. The molecule has 0 bridgehead atoms. The van der Waals surface area contributed by atoms with Crippen LogP contribution in [0.1, 0.15) is 12.0 Å². The lowest BCUT2D eigenvalue weighted by atomic mass is 10.1. The highest BCUT2D eigenvalue weighted by atomic mass is 32.2. The molecule has 0 spiro atoms. The maximum atomic E-state index is 12.2. The maximum Gasteiger partial charge on any atom is 0.240 e. The standard InChI is InChI=1S/C15H23N3O2S/c1-18(2)12-14-3-5-15(6-4-14)21(19,20)17-11-13-7-9-16-10-8-13/h3-7,16-17H,8-12H2,1-2H3. The molecule has 1 heterocycles. The molecule has 2 rings (SSSR count). The number of nitrogens with one attached hydrogen (secondary N) is 2. The minimum atomic E-state index is -3.43. The second-order valence-corrected chi connectivity index (χ2v) is 7.29. The molecule has 0 aliphatic carbocycles. The van der Waals surface area contributed by atoms with Gasteiger partial charge in [-0.2, -0.15) is 0 Å². The molecule has 0 unspecified atom stereocenters. The zero-order valence-corrected chi connectivity index (χ0v) is 13.4. The molecule has 0 radical (unpaired) electrons. The van der Waals surface area contributed by atoms with E-state index in [-0.39, 0.29) is 0 Å². The van der Waals surface area contributed by atoms with E-state index in [2.05, 4.69) is 10.0 Å². The van der Waals surface area contributed by atoms with Gasteiger partial charge in [0.2, 0.25) is 10.0 Å². The molecule has 0 saturated carbocycles. The van der Waals surface area contributed by atoms with E-state index >= 15 is 0 Å². The summed E-state index contributed by atoms with van der Waals surface area (Å²) in [6.45, 7) is 2.92. The number of sulfonamides is 1. The molecule has 0 atom stereocenters. The van der Waals surface area contributed by atoms with E-state index in [1.807, 2.05) is 37.2 Å². The van der Waals surface area contributed by atoms with Gasteiger partial charge in [0.25, 0.3) is 0 Å². The fourth-order valence-electron chi connectivity index (χ4n) is 2.24. The van der Waals surface area contributed by atoms with Crippen molar-refractivity contribution in [2.45, 2.75) is 17.9 Å². The normalized spacial score (nSPS) is 16.0. The summed E-state index contributed by atoms with van der Waals surface area (Å²) in [5, 5.41) is 3.21. The maximum absolute atomic E-state index is 12.2. The van der Waals surface area contributed by atoms with Gasteiger partial charge in [-0.25, -0.2) is 13.1 Å². The number of rotatable bonds is 6. The van der Waals surface area contributed by atoms with Crippen molar-refractivity contribution < 1.29 is 8.42 Å². The predicted molar refractivity (Wildman–Crippen MR) is 84.6 cm³/mol. The van der Waals surface area contributed by atoms with E-state index in [0.717, 1.165) is 37.2 Å². The predicted octanol–water partition coefficient (Wildman–Crippen LogP) is 0.946. The van der Waals surface area contributed by atoms with Gasteiger partial charge in [0.05, 0.1) is 4.90 Å². The van der Waals surface area contributed by atoms with Crippen LogP contribution in [-0.4, -0.2) is 47.0 Å². The Balaban J connectivity index is 2.00. The quantitative estimate of drug-likeness (QED) is 0.768. The van der Waals surface area contributed by atoms with Crippen LogP contribution >= 0.6 is 0 Å². The molecule has 0 amide bonds. The Bertz CT molecular complexity index is 592. The third kappa shape index (κ3) is 4.93. The van der Waals surface area contributed by atoms with Crippen molar-refractivity contribution in [3.05, 3.63) is 41.5 Å². The van der Waals surface area contributed by atoms with Crippen molar-refractivity contribution in [3.63, 3.8) is 0 Å². The first-order valence-corrected chi connectivity index (χ1v) is 8.58. The van der Waals surface area contributed by atoms with Gasteiger partial charge in [-0.15, -0.1) is 0 Å². The topological polar surface area (TPSA) is 61.4 Å². The second-order valence-electron chi connectivity index (χ2n) is 5.52. The molecule has 116 valence electrons. The summed E-state index contributed by atoms with van der Waals surface area (Å²) >= 11 is 0. The van der Waals surface area contributed by atoms with Crippen LogP contribution < -0.4 is 10.0 Å². The van der Waals surface area contributed by atoms with Crippen molar-refractivity contribution in [1.29, 1.82) is 0 Å². The molecule has 0 fully saturated rings. The van der Waals surface area contributed by atoms with Gasteiger partial charge in [0, 0.05) is 19.6 Å². The summed E-state index contributed by atoms with van der Waals surface area (Å²) in [5.41, 5.74) is 2.24. The third-order valence-electron chi connectivity index (χ3n) is 3.38. The van der Waals surface area contributed by atoms with E-state index in [1.165, 1.54) is 0 Å². The van der Waals surface area contributed by atoms with Gasteiger partial charge in [-0.3, -0.25) is 0 Å². The summed E-state index contributed by atoms with van der Waals surface area (Å²) in [6, 6.07) is 7.05. The highest BCUT2D eigenvalue weighted by molar-refractivity contribution is 7.89. The fraction of sp³-hybridized carbons (Fsp3) is 0.467. The number of benzene rings is 1. The first-order chi connectivity index (χ1) is 9.97. The van der Waals surface area contributed by atoms with E-state index in [4.69, 9.17) is 0 Å². The number of hydrogen-bond donors (Lipinski definition) is 2. The van der Waals surface area contributed by atoms with Crippen LogP contribution in [0.25, 0.3) is 0 Å². The van der Waals surface area contributed by atoms with E-state index in [0.29, 0.717) is 11.4 Å². The molecular formula is C15H23N3O2S. The van der Waals surface area contributed by atoms with Crippen LogP contribution in [0.5, 0.6) is 0 Å². The molecule has 1 aliphatic rings. The largest absolute Gasteiger partial charge is 0.313 e. The Hall–Kier alpha value is -1.21. The van der Waals surface area contributed by atoms with Crippen LogP contribution in [-0.2, 0) is 16.6 Å². The molecule has 6 heteroatoms.